The molecular formula is C30H25F3N8O3. The Labute approximate surface area is 247 Å². The monoisotopic (exact) mass is 602 g/mol. The molecule has 5 N–H and O–H groups in total. The van der Waals surface area contributed by atoms with Gasteiger partial charge in [-0.1, -0.05) is 12.1 Å². The van der Waals surface area contributed by atoms with Gasteiger partial charge in [0.2, 0.25) is 0 Å². The fourth-order valence-corrected chi connectivity index (χ4v) is 5.47. The summed E-state index contributed by atoms with van der Waals surface area (Å²) in [6.07, 6.45) is 3.13. The lowest BCUT2D eigenvalue weighted by atomic mass is 9.79. The lowest BCUT2D eigenvalue weighted by molar-refractivity contribution is -0.137. The van der Waals surface area contributed by atoms with E-state index in [0.717, 1.165) is 37.0 Å². The molecule has 3 aromatic heterocycles. The summed E-state index contributed by atoms with van der Waals surface area (Å²) >= 11 is 0. The Hall–Kier alpha value is -5.27. The number of hydrogen-bond acceptors (Lipinski definition) is 9. The molecule has 224 valence electrons. The Morgan fingerprint density at radius 1 is 0.932 bits per heavy atom. The molecule has 0 atom stereocenters. The van der Waals surface area contributed by atoms with E-state index >= 15 is 0 Å². The maximum atomic E-state index is 13.0. The van der Waals surface area contributed by atoms with Gasteiger partial charge < -0.3 is 21.7 Å². The van der Waals surface area contributed by atoms with Gasteiger partial charge in [0, 0.05) is 47.7 Å². The number of anilines is 4. The molecule has 2 saturated carbocycles. The van der Waals surface area contributed by atoms with Gasteiger partial charge in [-0.15, -0.1) is 0 Å². The van der Waals surface area contributed by atoms with E-state index in [-0.39, 0.29) is 35.2 Å². The molecule has 3 heterocycles. The van der Waals surface area contributed by atoms with Crippen molar-refractivity contribution in [2.24, 2.45) is 0 Å². The highest BCUT2D eigenvalue weighted by Gasteiger charge is 2.37. The summed E-state index contributed by atoms with van der Waals surface area (Å²) in [6, 6.07) is 8.29. The first kappa shape index (κ1) is 27.6. The molecule has 14 heteroatoms. The molecule has 0 radical (unpaired) electrons. The number of nitrogens with zero attached hydrogens (tertiary/aromatic N) is 4. The first-order chi connectivity index (χ1) is 21.1. The van der Waals surface area contributed by atoms with Gasteiger partial charge in [0.15, 0.2) is 0 Å². The van der Waals surface area contributed by atoms with Crippen LogP contribution in [0.3, 0.4) is 0 Å². The summed E-state index contributed by atoms with van der Waals surface area (Å²) < 4.78 is 41.0. The molecule has 2 aliphatic carbocycles. The van der Waals surface area contributed by atoms with Gasteiger partial charge in [0.05, 0.1) is 5.56 Å². The van der Waals surface area contributed by atoms with Crippen molar-refractivity contribution in [3.63, 3.8) is 0 Å². The van der Waals surface area contributed by atoms with Crippen molar-refractivity contribution in [1.82, 2.24) is 19.4 Å². The molecule has 0 unspecified atom stereocenters. The predicted molar refractivity (Wildman–Crippen MR) is 157 cm³/mol. The number of benzene rings is 1. The van der Waals surface area contributed by atoms with E-state index in [1.807, 2.05) is 4.40 Å². The van der Waals surface area contributed by atoms with E-state index in [1.165, 1.54) is 12.1 Å². The minimum atomic E-state index is -4.56. The van der Waals surface area contributed by atoms with Crippen LogP contribution in [0.4, 0.5) is 36.2 Å². The third-order valence-electron chi connectivity index (χ3n) is 8.05. The molecule has 0 aliphatic heterocycles. The summed E-state index contributed by atoms with van der Waals surface area (Å²) in [5.74, 6) is 0.246. The second-order valence-electron chi connectivity index (χ2n) is 11.1. The van der Waals surface area contributed by atoms with E-state index < -0.39 is 28.5 Å². The van der Waals surface area contributed by atoms with Gasteiger partial charge in [-0.2, -0.15) is 13.2 Å². The third-order valence-corrected chi connectivity index (χ3v) is 8.05. The quantitative estimate of drug-likeness (QED) is 0.191. The van der Waals surface area contributed by atoms with Crippen molar-refractivity contribution in [1.29, 1.82) is 0 Å². The Balaban J connectivity index is 1.09. The van der Waals surface area contributed by atoms with Crippen LogP contribution in [-0.2, 0) is 6.18 Å². The fraction of sp³-hybridized carbons (Fsp3) is 0.267. The van der Waals surface area contributed by atoms with Crippen LogP contribution in [0.1, 0.15) is 53.3 Å². The van der Waals surface area contributed by atoms with Gasteiger partial charge in [-0.25, -0.2) is 15.0 Å². The second-order valence-corrected chi connectivity index (χ2v) is 11.1. The van der Waals surface area contributed by atoms with E-state index in [1.54, 1.807) is 24.5 Å². The smallest absolute Gasteiger partial charge is 0.382 e. The standard InChI is InChI=1S/C30H25F3N8O3/c31-30(32,33)17-7-8-35-20(13-17)39-29(44)15-3-1-14(2-4-15)21-24-27(34)36-9-10-41(24)28(40-21)16-11-19(12-16)38-23-22(25(42)26(23)43)37-18-5-6-18/h1-4,7-10,13,16,18-19,37-38H,5-6,11-12H2,(H2,34,36)(H,35,39,44)/t16-,19-. The number of fused-ring (bicyclic) bond motifs is 1. The topological polar surface area (TPSA) is 156 Å². The normalized spacial score (nSPS) is 18.2. The Kier molecular flexibility index (Phi) is 6.37. The first-order valence-electron chi connectivity index (χ1n) is 14.0. The maximum Gasteiger partial charge on any atom is 0.416 e. The largest absolute Gasteiger partial charge is 0.416 e. The van der Waals surface area contributed by atoms with Crippen LogP contribution >= 0.6 is 0 Å². The number of rotatable bonds is 8. The molecule has 2 aromatic carbocycles. The van der Waals surface area contributed by atoms with E-state index in [0.29, 0.717) is 41.0 Å². The Bertz CT molecular complexity index is 1990. The molecule has 44 heavy (non-hydrogen) atoms. The molecule has 2 fully saturated rings. The minimum absolute atomic E-state index is 0.00199. The van der Waals surface area contributed by atoms with Crippen LogP contribution in [0.15, 0.2) is 64.6 Å². The molecule has 0 bridgehead atoms. The van der Waals surface area contributed by atoms with Crippen LogP contribution in [0.2, 0.25) is 0 Å². The highest BCUT2D eigenvalue weighted by atomic mass is 19.4. The maximum absolute atomic E-state index is 13.0. The number of halogens is 3. The number of alkyl halides is 3. The van der Waals surface area contributed by atoms with E-state index in [9.17, 15) is 27.6 Å². The number of nitrogens with two attached hydrogens (primary N) is 1. The molecule has 0 saturated heterocycles. The van der Waals surface area contributed by atoms with Crippen LogP contribution in [0, 0.1) is 0 Å². The van der Waals surface area contributed by atoms with Crippen molar-refractivity contribution in [2.75, 3.05) is 21.7 Å². The van der Waals surface area contributed by atoms with Gasteiger partial charge in [0.1, 0.15) is 40.0 Å². The van der Waals surface area contributed by atoms with Gasteiger partial charge in [0.25, 0.3) is 16.8 Å². The number of carbonyl (C=O) groups is 1. The number of carbonyl (C=O) groups excluding carboxylic acids is 1. The summed E-state index contributed by atoms with van der Waals surface area (Å²) in [6.45, 7) is 0. The van der Waals surface area contributed by atoms with Crippen molar-refractivity contribution in [3.05, 3.63) is 92.4 Å². The molecule has 2 aliphatic rings. The molecule has 11 nitrogen and oxygen atoms in total. The van der Waals surface area contributed by atoms with Crippen molar-refractivity contribution in [2.45, 2.75) is 49.9 Å². The van der Waals surface area contributed by atoms with Crippen molar-refractivity contribution >= 4 is 34.4 Å². The minimum Gasteiger partial charge on any atom is -0.382 e. The Morgan fingerprint density at radius 3 is 2.27 bits per heavy atom. The van der Waals surface area contributed by atoms with Crippen molar-refractivity contribution in [3.8, 4) is 11.3 Å². The average Bonchev–Trinajstić information content (AvgIpc) is 3.73. The van der Waals surface area contributed by atoms with Gasteiger partial charge in [-0.3, -0.25) is 18.8 Å². The number of aromatic nitrogens is 4. The summed E-state index contributed by atoms with van der Waals surface area (Å²) in [7, 11) is 0. The number of nitrogens with one attached hydrogen (secondary N) is 3. The molecule has 0 spiro atoms. The van der Waals surface area contributed by atoms with Crippen LogP contribution in [-0.4, -0.2) is 37.3 Å². The highest BCUT2D eigenvalue weighted by Crippen LogP contribution is 2.41. The van der Waals surface area contributed by atoms with E-state index in [4.69, 9.17) is 10.7 Å². The van der Waals surface area contributed by atoms with Gasteiger partial charge in [-0.05, 0) is 49.9 Å². The van der Waals surface area contributed by atoms with Crippen LogP contribution in [0.25, 0.3) is 16.8 Å². The average molecular weight is 603 g/mol. The van der Waals surface area contributed by atoms with Crippen LogP contribution in [0.5, 0.6) is 0 Å². The summed E-state index contributed by atoms with van der Waals surface area (Å²) in [4.78, 5) is 49.8. The zero-order chi connectivity index (χ0) is 30.7. The second kappa shape index (κ2) is 10.2. The number of pyridine rings is 1. The number of hydrogen-bond donors (Lipinski definition) is 4. The number of amides is 1. The molecule has 5 aromatic rings. The zero-order valence-corrected chi connectivity index (χ0v) is 23.0. The van der Waals surface area contributed by atoms with Gasteiger partial charge >= 0.3 is 6.18 Å². The SMILES string of the molecule is Nc1nccn2c1c(-c1ccc(C(=O)Nc3cc(C(F)(F)F)ccn3)cc1)nc2[C@H]1C[C@H](Nc2c(NC3CC3)c(=O)c2=O)C1. The zero-order valence-electron chi connectivity index (χ0n) is 23.0. The number of imidazole rings is 1. The van der Waals surface area contributed by atoms with Crippen LogP contribution < -0.4 is 32.5 Å². The number of nitrogen functional groups attached to an aromatic ring is 1. The third kappa shape index (κ3) is 4.91. The lowest BCUT2D eigenvalue weighted by Crippen LogP contribution is -2.43. The molecule has 1 amide bonds. The highest BCUT2D eigenvalue weighted by molar-refractivity contribution is 6.04. The summed E-state index contributed by atoms with van der Waals surface area (Å²) in [5, 5.41) is 8.77. The molecule has 7 rings (SSSR count). The first-order valence-corrected chi connectivity index (χ1v) is 14.0. The van der Waals surface area contributed by atoms with E-state index in [2.05, 4.69) is 25.9 Å². The fourth-order valence-electron chi connectivity index (χ4n) is 5.47. The predicted octanol–water partition coefficient (Wildman–Crippen LogP) is 4.17. The lowest BCUT2D eigenvalue weighted by Gasteiger charge is -2.36. The Morgan fingerprint density at radius 2 is 1.61 bits per heavy atom. The van der Waals surface area contributed by atoms with Crippen molar-refractivity contribution < 1.29 is 18.0 Å². The molecular weight excluding hydrogens is 577 g/mol. The summed E-state index contributed by atoms with van der Waals surface area (Å²) in [5.41, 5.74) is 7.16.